The average Bonchev–Trinajstić information content (AvgIpc) is 1.80. The second-order valence-electron chi connectivity index (χ2n) is 2.16. The maximum absolute atomic E-state index is 12.2. The highest BCUT2D eigenvalue weighted by Crippen LogP contribution is 2.23. The minimum Gasteiger partial charge on any atom is -0.266 e. The van der Waals surface area contributed by atoms with Crippen molar-refractivity contribution in [3.63, 3.8) is 0 Å². The predicted octanol–water partition coefficient (Wildman–Crippen LogP) is -1.05. The molecule has 0 aromatic carbocycles. The molecule has 0 saturated heterocycles. The first-order valence-corrected chi connectivity index (χ1v) is 5.99. The van der Waals surface area contributed by atoms with Gasteiger partial charge in [0.25, 0.3) is 0 Å². The molecule has 0 unspecified atom stereocenters. The molecule has 11 heteroatoms. The maximum Gasteiger partial charge on any atom is 0.452 e. The number of halogens is 3. The summed E-state index contributed by atoms with van der Waals surface area (Å²) in [5, 5.41) is -5.42. The zero-order chi connectivity index (χ0) is 11.8. The van der Waals surface area contributed by atoms with Gasteiger partial charge in [0, 0.05) is 0 Å². The fourth-order valence-corrected chi connectivity index (χ4v) is 1.14. The zero-order valence-corrected chi connectivity index (χ0v) is 8.12. The van der Waals surface area contributed by atoms with Crippen LogP contribution < -0.4 is 4.72 Å². The van der Waals surface area contributed by atoms with E-state index in [1.54, 1.807) is 0 Å². The molecule has 1 amide bonds. The summed E-state index contributed by atoms with van der Waals surface area (Å²) in [6.45, 7) is 0. The van der Waals surface area contributed by atoms with Crippen LogP contribution in [0, 0.1) is 0 Å². The Hall–Kier alpha value is -0.840. The quantitative estimate of drug-likeness (QED) is 0.649. The monoisotopic (exact) mass is 255 g/mol. The van der Waals surface area contributed by atoms with E-state index in [-0.39, 0.29) is 0 Å². The third-order valence-corrected chi connectivity index (χ3v) is 2.20. The van der Waals surface area contributed by atoms with Crippen LogP contribution in [-0.2, 0) is 25.0 Å². The van der Waals surface area contributed by atoms with Gasteiger partial charge in [0.2, 0.25) is 10.0 Å². The summed E-state index contributed by atoms with van der Waals surface area (Å²) in [5.74, 6) is -2.76. The molecule has 0 spiro atoms. The molecular weight excluding hydrogens is 251 g/mol. The molecule has 0 rings (SSSR count). The topological polar surface area (TPSA) is 97.4 Å². The van der Waals surface area contributed by atoms with Gasteiger partial charge in [-0.3, -0.25) is 4.79 Å². The van der Waals surface area contributed by atoms with Gasteiger partial charge < -0.3 is 0 Å². The van der Waals surface area contributed by atoms with Crippen molar-refractivity contribution in [1.82, 2.24) is 4.72 Å². The van der Waals surface area contributed by atoms with Crippen molar-refractivity contribution in [2.24, 2.45) is 0 Å². The summed E-state index contributed by atoms with van der Waals surface area (Å²) in [6, 6.07) is 0. The fourth-order valence-electron chi connectivity index (χ4n) is 0.339. The molecule has 84 valence electrons. The fraction of sp³-hybridized carbons (Fsp3) is 0.667. The lowest BCUT2D eigenvalue weighted by Crippen LogP contribution is -2.46. The first kappa shape index (κ1) is 13.2. The lowest BCUT2D eigenvalue weighted by Gasteiger charge is -2.09. The summed E-state index contributed by atoms with van der Waals surface area (Å²) < 4.78 is 76.7. The highest BCUT2D eigenvalue weighted by molar-refractivity contribution is 7.90. The average molecular weight is 255 g/mol. The van der Waals surface area contributed by atoms with Crippen LogP contribution in [0.3, 0.4) is 0 Å². The van der Waals surface area contributed by atoms with Gasteiger partial charge in [-0.1, -0.05) is 3.89 Å². The molecule has 0 aliphatic rings. The summed E-state index contributed by atoms with van der Waals surface area (Å²) in [7, 11) is -10.9. The summed E-state index contributed by atoms with van der Waals surface area (Å²) in [6.07, 6.45) is 0.325. The largest absolute Gasteiger partial charge is 0.452 e. The van der Waals surface area contributed by atoms with Gasteiger partial charge >= 0.3 is 21.4 Å². The van der Waals surface area contributed by atoms with Crippen molar-refractivity contribution in [2.75, 3.05) is 6.26 Å². The third kappa shape index (κ3) is 3.14. The van der Waals surface area contributed by atoms with E-state index in [1.807, 2.05) is 0 Å². The summed E-state index contributed by atoms with van der Waals surface area (Å²) >= 11 is 0. The number of alkyl halides is 2. The van der Waals surface area contributed by atoms with Crippen LogP contribution in [-0.4, -0.2) is 34.3 Å². The van der Waals surface area contributed by atoms with Gasteiger partial charge in [-0.2, -0.15) is 17.2 Å². The van der Waals surface area contributed by atoms with Crippen LogP contribution in [0.5, 0.6) is 0 Å². The van der Waals surface area contributed by atoms with E-state index in [9.17, 15) is 34.3 Å². The van der Waals surface area contributed by atoms with Crippen LogP contribution in [0.2, 0.25) is 0 Å². The first-order chi connectivity index (χ1) is 5.88. The SMILES string of the molecule is CS(=O)(=O)NC(=O)C(F)(F)S(=O)(=O)F. The molecule has 6 nitrogen and oxygen atoms in total. The smallest absolute Gasteiger partial charge is 0.266 e. The Morgan fingerprint density at radius 3 is 1.79 bits per heavy atom. The minimum atomic E-state index is -6.48. The normalized spacial score (nSPS) is 13.7. The molecule has 14 heavy (non-hydrogen) atoms. The van der Waals surface area contributed by atoms with E-state index < -0.39 is 31.4 Å². The van der Waals surface area contributed by atoms with Gasteiger partial charge in [-0.15, -0.1) is 0 Å². The number of carbonyl (C=O) groups is 1. The Kier molecular flexibility index (Phi) is 3.18. The van der Waals surface area contributed by atoms with E-state index in [0.717, 1.165) is 0 Å². The van der Waals surface area contributed by atoms with Crippen LogP contribution in [0.25, 0.3) is 0 Å². The molecule has 0 aromatic rings. The van der Waals surface area contributed by atoms with E-state index in [4.69, 9.17) is 0 Å². The van der Waals surface area contributed by atoms with Crippen molar-refractivity contribution in [1.29, 1.82) is 0 Å². The lowest BCUT2D eigenvalue weighted by molar-refractivity contribution is -0.133. The van der Waals surface area contributed by atoms with Crippen LogP contribution in [0.1, 0.15) is 0 Å². The Morgan fingerprint density at radius 1 is 1.21 bits per heavy atom. The molecule has 0 aromatic heterocycles. The van der Waals surface area contributed by atoms with Gasteiger partial charge in [0.05, 0.1) is 6.26 Å². The molecule has 1 N–H and O–H groups in total. The number of sulfonamides is 1. The maximum atomic E-state index is 12.2. The van der Waals surface area contributed by atoms with Crippen LogP contribution in [0.4, 0.5) is 12.7 Å². The third-order valence-electron chi connectivity index (χ3n) is 0.849. The number of amides is 1. The summed E-state index contributed by atoms with van der Waals surface area (Å²) in [5.41, 5.74) is 0. The molecule has 0 radical (unpaired) electrons. The number of carbonyl (C=O) groups excluding carboxylic acids is 1. The molecule has 0 fully saturated rings. The number of hydrogen-bond acceptors (Lipinski definition) is 5. The van der Waals surface area contributed by atoms with Crippen molar-refractivity contribution in [3.8, 4) is 0 Å². The van der Waals surface area contributed by atoms with Gasteiger partial charge in [0.1, 0.15) is 0 Å². The highest BCUT2D eigenvalue weighted by Gasteiger charge is 2.54. The molecule has 0 aliphatic carbocycles. The number of nitrogens with one attached hydrogen (secondary N) is 1. The Labute approximate surface area is 77.4 Å². The Morgan fingerprint density at radius 2 is 1.57 bits per heavy atom. The second-order valence-corrected chi connectivity index (χ2v) is 5.29. The van der Waals surface area contributed by atoms with Gasteiger partial charge in [-0.25, -0.2) is 13.1 Å². The number of hydrogen-bond donors (Lipinski definition) is 1. The van der Waals surface area contributed by atoms with Crippen LogP contribution in [0.15, 0.2) is 0 Å². The Bertz CT molecular complexity index is 437. The van der Waals surface area contributed by atoms with Crippen molar-refractivity contribution >= 4 is 26.2 Å². The van der Waals surface area contributed by atoms with E-state index in [0.29, 0.717) is 11.0 Å². The molecule has 0 atom stereocenters. The molecule has 0 aliphatic heterocycles. The van der Waals surface area contributed by atoms with Gasteiger partial charge in [-0.05, 0) is 0 Å². The minimum absolute atomic E-state index is 0.325. The zero-order valence-electron chi connectivity index (χ0n) is 6.49. The lowest BCUT2D eigenvalue weighted by atomic mass is 10.7. The van der Waals surface area contributed by atoms with Gasteiger partial charge in [0.15, 0.2) is 0 Å². The molecule has 0 bridgehead atoms. The standard InChI is InChI=1S/C3H4F3NO5S2/c1-13(9,10)7-2(8)3(4,5)14(6,11)12/h1H3,(H,7,8). The molecular formula is C3H4F3NO5S2. The van der Waals surface area contributed by atoms with Crippen molar-refractivity contribution in [2.45, 2.75) is 5.25 Å². The molecule has 0 heterocycles. The number of rotatable bonds is 3. The van der Waals surface area contributed by atoms with E-state index >= 15 is 0 Å². The van der Waals surface area contributed by atoms with Crippen molar-refractivity contribution in [3.05, 3.63) is 0 Å². The van der Waals surface area contributed by atoms with E-state index in [1.165, 1.54) is 0 Å². The molecule has 0 saturated carbocycles. The summed E-state index contributed by atoms with van der Waals surface area (Å²) in [4.78, 5) is 10.3. The first-order valence-electron chi connectivity index (χ1n) is 2.72. The van der Waals surface area contributed by atoms with Crippen molar-refractivity contribution < 1.29 is 34.3 Å². The second kappa shape index (κ2) is 3.38. The highest BCUT2D eigenvalue weighted by atomic mass is 32.3. The predicted molar refractivity (Wildman–Crippen MR) is 38.0 cm³/mol. The van der Waals surface area contributed by atoms with E-state index in [2.05, 4.69) is 0 Å². The van der Waals surface area contributed by atoms with Crippen LogP contribution >= 0.6 is 0 Å². The Balaban J connectivity index is 5.08.